The van der Waals surface area contributed by atoms with Crippen LogP contribution in [0.15, 0.2) is 29.2 Å². The van der Waals surface area contributed by atoms with Gasteiger partial charge in [-0.15, -0.1) is 0 Å². The van der Waals surface area contributed by atoms with Crippen LogP contribution in [0.3, 0.4) is 0 Å². The van der Waals surface area contributed by atoms with E-state index >= 15 is 0 Å². The average Bonchev–Trinajstić information content (AvgIpc) is 2.47. The van der Waals surface area contributed by atoms with Gasteiger partial charge in [-0.2, -0.15) is 4.31 Å². The second kappa shape index (κ2) is 6.77. The largest absolute Gasteiger partial charge is 0.494 e. The summed E-state index contributed by atoms with van der Waals surface area (Å²) in [4.78, 5) is 0.304. The van der Waals surface area contributed by atoms with E-state index < -0.39 is 10.0 Å². The third-order valence-corrected chi connectivity index (χ3v) is 6.02. The number of nitrogens with two attached hydrogens (primary N) is 1. The molecule has 0 spiro atoms. The zero-order valence-corrected chi connectivity index (χ0v) is 13.5. The van der Waals surface area contributed by atoms with Gasteiger partial charge in [-0.25, -0.2) is 8.42 Å². The second-order valence-corrected chi connectivity index (χ2v) is 7.25. The summed E-state index contributed by atoms with van der Waals surface area (Å²) in [6, 6.07) is 6.49. The highest BCUT2D eigenvalue weighted by Crippen LogP contribution is 2.30. The highest BCUT2D eigenvalue weighted by molar-refractivity contribution is 7.89. The number of nitrogens with zero attached hydrogens (tertiary/aromatic N) is 1. The second-order valence-electron chi connectivity index (χ2n) is 5.41. The van der Waals surface area contributed by atoms with E-state index in [9.17, 15) is 8.42 Å². The topological polar surface area (TPSA) is 72.6 Å². The van der Waals surface area contributed by atoms with Crippen LogP contribution in [0.2, 0.25) is 0 Å². The van der Waals surface area contributed by atoms with Crippen molar-refractivity contribution in [2.45, 2.75) is 50.1 Å². The van der Waals surface area contributed by atoms with E-state index in [2.05, 4.69) is 0 Å². The number of hydrogen-bond acceptors (Lipinski definition) is 4. The van der Waals surface area contributed by atoms with Crippen molar-refractivity contribution in [1.29, 1.82) is 0 Å². The molecule has 2 unspecified atom stereocenters. The zero-order chi connectivity index (χ0) is 15.5. The van der Waals surface area contributed by atoms with Crippen LogP contribution in [0.25, 0.3) is 0 Å². The third-order valence-electron chi connectivity index (χ3n) is 3.94. The van der Waals surface area contributed by atoms with Gasteiger partial charge in [-0.1, -0.05) is 6.42 Å². The van der Waals surface area contributed by atoms with Crippen molar-refractivity contribution in [3.8, 4) is 5.75 Å². The van der Waals surface area contributed by atoms with Crippen LogP contribution in [-0.2, 0) is 10.0 Å². The number of benzene rings is 1. The molecule has 5 nitrogen and oxygen atoms in total. The first-order chi connectivity index (χ1) is 10.0. The van der Waals surface area contributed by atoms with E-state index in [1.807, 2.05) is 13.8 Å². The number of piperidine rings is 1. The fourth-order valence-corrected chi connectivity index (χ4v) is 4.80. The smallest absolute Gasteiger partial charge is 0.243 e. The lowest BCUT2D eigenvalue weighted by molar-refractivity contribution is 0.196. The lowest BCUT2D eigenvalue weighted by Crippen LogP contribution is -2.51. The minimum absolute atomic E-state index is 0.0103. The molecule has 1 saturated heterocycles. The Balaban J connectivity index is 2.30. The number of ether oxygens (including phenoxy) is 1. The molecule has 21 heavy (non-hydrogen) atoms. The van der Waals surface area contributed by atoms with Gasteiger partial charge in [0.05, 0.1) is 11.5 Å². The third kappa shape index (κ3) is 3.39. The number of rotatable bonds is 5. The van der Waals surface area contributed by atoms with Crippen molar-refractivity contribution in [2.75, 3.05) is 13.2 Å². The summed E-state index contributed by atoms with van der Waals surface area (Å²) in [5.41, 5.74) is 5.77. The molecule has 1 fully saturated rings. The predicted octanol–water partition coefficient (Wildman–Crippen LogP) is 1.98. The van der Waals surface area contributed by atoms with E-state index in [-0.39, 0.29) is 12.1 Å². The Labute approximate surface area is 127 Å². The maximum absolute atomic E-state index is 12.9. The van der Waals surface area contributed by atoms with Gasteiger partial charge in [0.15, 0.2) is 0 Å². The molecule has 2 N–H and O–H groups in total. The standard InChI is InChI=1S/C15H24N2O3S/c1-3-20-14-7-9-15(10-8-14)21(18,19)17-12(2)5-4-6-13(17)11-16/h7-10,12-13H,3-6,11,16H2,1-2H3. The van der Waals surface area contributed by atoms with E-state index in [0.29, 0.717) is 23.8 Å². The van der Waals surface area contributed by atoms with Gasteiger partial charge in [0, 0.05) is 18.6 Å². The van der Waals surface area contributed by atoms with Gasteiger partial charge in [0.25, 0.3) is 0 Å². The molecular weight excluding hydrogens is 288 g/mol. The number of hydrogen-bond donors (Lipinski definition) is 1. The minimum Gasteiger partial charge on any atom is -0.494 e. The van der Waals surface area contributed by atoms with Crippen molar-refractivity contribution in [3.63, 3.8) is 0 Å². The molecule has 0 radical (unpaired) electrons. The molecular formula is C15H24N2O3S. The predicted molar refractivity (Wildman–Crippen MR) is 82.8 cm³/mol. The lowest BCUT2D eigenvalue weighted by atomic mass is 10.00. The van der Waals surface area contributed by atoms with Crippen molar-refractivity contribution >= 4 is 10.0 Å². The molecule has 0 saturated carbocycles. The Bertz CT molecular complexity index is 557. The van der Waals surface area contributed by atoms with Crippen LogP contribution in [-0.4, -0.2) is 38.0 Å². The molecule has 0 aromatic heterocycles. The summed E-state index contributed by atoms with van der Waals surface area (Å²) in [6.45, 7) is 4.77. The van der Waals surface area contributed by atoms with E-state index in [1.165, 1.54) is 0 Å². The summed E-state index contributed by atoms with van der Waals surface area (Å²) in [5, 5.41) is 0. The van der Waals surface area contributed by atoms with Crippen LogP contribution in [0.5, 0.6) is 5.75 Å². The Morgan fingerprint density at radius 1 is 1.29 bits per heavy atom. The Kier molecular flexibility index (Phi) is 5.24. The van der Waals surface area contributed by atoms with Crippen molar-refractivity contribution in [2.24, 2.45) is 5.73 Å². The molecule has 1 heterocycles. The molecule has 1 aliphatic rings. The van der Waals surface area contributed by atoms with Gasteiger partial charge < -0.3 is 10.5 Å². The minimum atomic E-state index is -3.51. The van der Waals surface area contributed by atoms with E-state index in [4.69, 9.17) is 10.5 Å². The van der Waals surface area contributed by atoms with Crippen molar-refractivity contribution < 1.29 is 13.2 Å². The van der Waals surface area contributed by atoms with Crippen LogP contribution < -0.4 is 10.5 Å². The molecule has 1 aromatic rings. The zero-order valence-electron chi connectivity index (χ0n) is 12.7. The molecule has 2 atom stereocenters. The van der Waals surface area contributed by atoms with Gasteiger partial charge in [-0.05, 0) is 51.0 Å². The molecule has 0 amide bonds. The molecule has 0 bridgehead atoms. The van der Waals surface area contributed by atoms with Gasteiger partial charge in [0.2, 0.25) is 10.0 Å². The molecule has 2 rings (SSSR count). The van der Waals surface area contributed by atoms with Crippen LogP contribution >= 0.6 is 0 Å². The van der Waals surface area contributed by atoms with E-state index in [0.717, 1.165) is 19.3 Å². The quantitative estimate of drug-likeness (QED) is 0.902. The first kappa shape index (κ1) is 16.3. The molecule has 6 heteroatoms. The molecule has 1 aliphatic heterocycles. The first-order valence-corrected chi connectivity index (χ1v) is 8.91. The van der Waals surface area contributed by atoms with Crippen LogP contribution in [0.4, 0.5) is 0 Å². The van der Waals surface area contributed by atoms with E-state index in [1.54, 1.807) is 28.6 Å². The lowest BCUT2D eigenvalue weighted by Gasteiger charge is -2.38. The van der Waals surface area contributed by atoms with Crippen molar-refractivity contribution in [1.82, 2.24) is 4.31 Å². The maximum Gasteiger partial charge on any atom is 0.243 e. The summed E-state index contributed by atoms with van der Waals surface area (Å²) in [6.07, 6.45) is 2.74. The van der Waals surface area contributed by atoms with Gasteiger partial charge in [0.1, 0.15) is 5.75 Å². The summed E-state index contributed by atoms with van der Waals surface area (Å²) < 4.78 is 32.7. The van der Waals surface area contributed by atoms with Gasteiger partial charge in [-0.3, -0.25) is 0 Å². The Hall–Kier alpha value is -1.11. The maximum atomic E-state index is 12.9. The Morgan fingerprint density at radius 3 is 2.52 bits per heavy atom. The Morgan fingerprint density at radius 2 is 1.95 bits per heavy atom. The van der Waals surface area contributed by atoms with Gasteiger partial charge >= 0.3 is 0 Å². The van der Waals surface area contributed by atoms with Crippen molar-refractivity contribution in [3.05, 3.63) is 24.3 Å². The summed E-state index contributed by atoms with van der Waals surface area (Å²) in [5.74, 6) is 0.679. The fraction of sp³-hybridized carbons (Fsp3) is 0.600. The molecule has 118 valence electrons. The SMILES string of the molecule is CCOc1ccc(S(=O)(=O)N2C(C)CCCC2CN)cc1. The monoisotopic (exact) mass is 312 g/mol. The van der Waals surface area contributed by atoms with Crippen LogP contribution in [0, 0.1) is 0 Å². The summed E-state index contributed by atoms with van der Waals surface area (Å²) in [7, 11) is -3.51. The average molecular weight is 312 g/mol. The number of sulfonamides is 1. The highest BCUT2D eigenvalue weighted by atomic mass is 32.2. The molecule has 1 aromatic carbocycles. The van der Waals surface area contributed by atoms with Crippen LogP contribution in [0.1, 0.15) is 33.1 Å². The highest BCUT2D eigenvalue weighted by Gasteiger charge is 2.37. The normalized spacial score (nSPS) is 24.0. The first-order valence-electron chi connectivity index (χ1n) is 7.47. The fourth-order valence-electron chi connectivity index (χ4n) is 2.91. The summed E-state index contributed by atoms with van der Waals surface area (Å²) >= 11 is 0. The molecule has 0 aliphatic carbocycles.